The van der Waals surface area contributed by atoms with Crippen molar-refractivity contribution in [3.05, 3.63) is 121 Å². The molecular weight excluding hydrogens is 655 g/mol. The second-order valence-electron chi connectivity index (χ2n) is 15.8. The maximum absolute atomic E-state index is 6.52. The molecule has 10 rings (SSSR count). The summed E-state index contributed by atoms with van der Waals surface area (Å²) in [6, 6.07) is 44.6. The smallest absolute Gasteiger partial charge is 0.139 e. The van der Waals surface area contributed by atoms with E-state index in [0.717, 1.165) is 16.6 Å². The van der Waals surface area contributed by atoms with Crippen molar-refractivity contribution in [1.82, 2.24) is 0 Å². The second kappa shape index (κ2) is 12.4. The molecule has 0 radical (unpaired) electrons. The fraction of sp³-hybridized carbons (Fsp3) is 0. The molecule has 0 saturated heterocycles. The summed E-state index contributed by atoms with van der Waals surface area (Å²) >= 11 is 0. The van der Waals surface area contributed by atoms with Gasteiger partial charge < -0.3 is 4.42 Å². The summed E-state index contributed by atoms with van der Waals surface area (Å²) in [5.74, 6) is 0. The lowest BCUT2D eigenvalue weighted by Gasteiger charge is -2.28. The number of hydrogen-bond acceptors (Lipinski definition) is 1. The Morgan fingerprint density at radius 1 is 0.309 bits per heavy atom. The van der Waals surface area contributed by atoms with Gasteiger partial charge in [0.15, 0.2) is 0 Å². The molecule has 0 atom stereocenters. The van der Waals surface area contributed by atoms with E-state index < -0.39 is 0 Å². The summed E-state index contributed by atoms with van der Waals surface area (Å²) in [4.78, 5) is 0. The molecule has 0 N–H and O–H groups in total. The average molecular weight is 691 g/mol. The van der Waals surface area contributed by atoms with E-state index in [1.807, 2.05) is 0 Å². The van der Waals surface area contributed by atoms with Gasteiger partial charge in [0.25, 0.3) is 0 Å². The lowest BCUT2D eigenvalue weighted by molar-refractivity contribution is 0.669. The maximum atomic E-state index is 6.52. The molecule has 0 aliphatic heterocycles. The van der Waals surface area contributed by atoms with Gasteiger partial charge in [-0.1, -0.05) is 125 Å². The number of hydrogen-bond donors (Lipinski definition) is 0. The Morgan fingerprint density at radius 3 is 1.45 bits per heavy atom. The summed E-state index contributed by atoms with van der Waals surface area (Å²) in [5, 5.41) is 12.9. The van der Waals surface area contributed by atoms with Crippen molar-refractivity contribution in [3.63, 3.8) is 0 Å². The number of furan rings is 1. The Labute approximate surface area is 329 Å². The van der Waals surface area contributed by atoms with Crippen LogP contribution in [-0.4, -0.2) is 62.8 Å². The third-order valence-corrected chi connectivity index (χ3v) is 13.3. The summed E-state index contributed by atoms with van der Waals surface area (Å²) < 4.78 is 6.52. The van der Waals surface area contributed by atoms with E-state index in [-0.39, 0.29) is 0 Å². The van der Waals surface area contributed by atoms with Gasteiger partial charge in [0.05, 0.1) is 0 Å². The Morgan fingerprint density at radius 2 is 0.800 bits per heavy atom. The number of fused-ring (bicyclic) bond motifs is 8. The molecule has 0 aliphatic rings. The molecule has 0 unspecified atom stereocenters. The van der Waals surface area contributed by atoms with Crippen LogP contribution in [0.25, 0.3) is 98.4 Å². The molecule has 0 aliphatic carbocycles. The molecule has 0 fully saturated rings. The van der Waals surface area contributed by atoms with Crippen molar-refractivity contribution in [2.24, 2.45) is 0 Å². The highest BCUT2D eigenvalue weighted by atomic mass is 16.3. The first-order chi connectivity index (χ1) is 26.6. The number of benzene rings is 9. The maximum Gasteiger partial charge on any atom is 0.139 e. The highest BCUT2D eigenvalue weighted by molar-refractivity contribution is 6.71. The normalized spacial score (nSPS) is 11.9. The third-order valence-electron chi connectivity index (χ3n) is 13.3. The summed E-state index contributed by atoms with van der Waals surface area (Å²) in [6.07, 6.45) is 0. The Kier molecular flexibility index (Phi) is 7.66. The molecule has 1 heterocycles. The van der Waals surface area contributed by atoms with Gasteiger partial charge in [0, 0.05) is 10.8 Å². The number of rotatable bonds is 3. The van der Waals surface area contributed by atoms with E-state index in [1.54, 1.807) is 0 Å². The molecule has 0 amide bonds. The zero-order valence-corrected chi connectivity index (χ0v) is 33.0. The molecule has 0 spiro atoms. The van der Waals surface area contributed by atoms with Crippen LogP contribution in [0.15, 0.2) is 126 Å². The predicted molar refractivity (Wildman–Crippen MR) is 265 cm³/mol. The Balaban J connectivity index is 1.31. The quantitative estimate of drug-likeness (QED) is 0.136. The van der Waals surface area contributed by atoms with E-state index >= 15 is 0 Å². The molecule has 250 valence electrons. The minimum absolute atomic E-state index is 0.926. The van der Waals surface area contributed by atoms with Gasteiger partial charge in [-0.3, -0.25) is 0 Å². The number of para-hydroxylation sites is 1. The van der Waals surface area contributed by atoms with Crippen molar-refractivity contribution in [3.8, 4) is 33.4 Å². The molecule has 0 bridgehead atoms. The fourth-order valence-electron chi connectivity index (χ4n) is 9.69. The van der Waals surface area contributed by atoms with Crippen LogP contribution in [0.4, 0.5) is 0 Å². The van der Waals surface area contributed by atoms with E-state index in [0.29, 0.717) is 0 Å². The van der Waals surface area contributed by atoms with Crippen molar-refractivity contribution < 1.29 is 4.42 Å². The molecule has 55 heavy (non-hydrogen) atoms. The molecular formula is C46H36B8O. The summed E-state index contributed by atoms with van der Waals surface area (Å²) in [6.45, 7) is 0. The largest absolute Gasteiger partial charge is 0.456 e. The zero-order chi connectivity index (χ0) is 37.9. The van der Waals surface area contributed by atoms with Gasteiger partial charge in [-0.15, -0.1) is 21.9 Å². The predicted octanol–water partition coefficient (Wildman–Crippen LogP) is -0.733. The lowest BCUT2D eigenvalue weighted by Crippen LogP contribution is -2.50. The molecule has 10 aromatic rings. The van der Waals surface area contributed by atoms with Crippen LogP contribution >= 0.6 is 0 Å². The minimum Gasteiger partial charge on any atom is -0.456 e. The second-order valence-corrected chi connectivity index (χ2v) is 15.8. The summed E-state index contributed by atoms with van der Waals surface area (Å²) in [5.41, 5.74) is 20.3. The van der Waals surface area contributed by atoms with Crippen LogP contribution in [-0.2, 0) is 0 Å². The van der Waals surface area contributed by atoms with E-state index in [2.05, 4.69) is 184 Å². The Hall–Kier alpha value is -5.66. The average Bonchev–Trinajstić information content (AvgIpc) is 3.61. The first kappa shape index (κ1) is 33.9. The lowest BCUT2D eigenvalue weighted by atomic mass is 9.59. The first-order valence-corrected chi connectivity index (χ1v) is 19.5. The third kappa shape index (κ3) is 4.85. The standard InChI is InChI=1S/C46H36B8O/c47-39-35-32(23-15-12-21(13-16-23)24-18-19-27-25(20-24)17-14-22-6-1-2-7-26(22)27)36-38(42(50)46(54)44(52)40(36)48)34(37(35)41(49)45(53)43(39)51)29-9-5-11-31-33(29)28-8-3-4-10-30(28)55-31/h1-20H,47-54H2. The van der Waals surface area contributed by atoms with Crippen molar-refractivity contribution in [2.75, 3.05) is 0 Å². The van der Waals surface area contributed by atoms with Crippen LogP contribution in [0.3, 0.4) is 0 Å². The van der Waals surface area contributed by atoms with Crippen LogP contribution in [0.2, 0.25) is 0 Å². The topological polar surface area (TPSA) is 13.1 Å². The first-order valence-electron chi connectivity index (χ1n) is 19.5. The van der Waals surface area contributed by atoms with Crippen molar-refractivity contribution >= 4 is 172 Å². The Bertz CT molecular complexity index is 3210. The zero-order valence-electron chi connectivity index (χ0n) is 33.0. The van der Waals surface area contributed by atoms with Crippen molar-refractivity contribution in [1.29, 1.82) is 0 Å². The SMILES string of the molecule is Bc1c(B)c(B)c2c(-c3cccc4oc5ccccc5c34)c3c(B)c(B)c(B)c(B)c3c(-c3ccc(-c4ccc5c(ccc6ccccc65)c4)cc3)c2c1B. The van der Waals surface area contributed by atoms with Crippen LogP contribution in [0.5, 0.6) is 0 Å². The molecule has 0 saturated carbocycles. The highest BCUT2D eigenvalue weighted by Crippen LogP contribution is 2.45. The highest BCUT2D eigenvalue weighted by Gasteiger charge is 2.26. The summed E-state index contributed by atoms with van der Waals surface area (Å²) in [7, 11) is 18.6. The fourth-order valence-corrected chi connectivity index (χ4v) is 9.69. The van der Waals surface area contributed by atoms with Gasteiger partial charge in [-0.25, -0.2) is 0 Å². The van der Waals surface area contributed by atoms with Gasteiger partial charge in [-0.2, -0.15) is 0 Å². The molecule has 1 nitrogen and oxygen atoms in total. The van der Waals surface area contributed by atoms with E-state index in [4.69, 9.17) is 4.42 Å². The van der Waals surface area contributed by atoms with Crippen LogP contribution < -0.4 is 43.7 Å². The monoisotopic (exact) mass is 692 g/mol. The van der Waals surface area contributed by atoms with Gasteiger partial charge in [0.2, 0.25) is 0 Å². The van der Waals surface area contributed by atoms with Crippen LogP contribution in [0.1, 0.15) is 0 Å². The van der Waals surface area contributed by atoms with Crippen molar-refractivity contribution in [2.45, 2.75) is 0 Å². The van der Waals surface area contributed by atoms with Gasteiger partial charge >= 0.3 is 0 Å². The molecule has 9 heteroatoms. The van der Waals surface area contributed by atoms with E-state index in [9.17, 15) is 0 Å². The molecule has 9 aromatic carbocycles. The van der Waals surface area contributed by atoms with Gasteiger partial charge in [-0.05, 0) is 94.7 Å². The van der Waals surface area contributed by atoms with Crippen LogP contribution in [0, 0.1) is 0 Å². The molecule has 1 aromatic heterocycles. The minimum atomic E-state index is 0.926. The van der Waals surface area contributed by atoms with Gasteiger partial charge in [0.1, 0.15) is 73.9 Å². The van der Waals surface area contributed by atoms with E-state index in [1.165, 1.54) is 126 Å².